The van der Waals surface area contributed by atoms with Crippen LogP contribution in [0.4, 0.5) is 10.1 Å². The van der Waals surface area contributed by atoms with E-state index >= 15 is 4.39 Å². The number of pyridine rings is 2. The molecule has 2 aliphatic rings. The van der Waals surface area contributed by atoms with Gasteiger partial charge in [-0.1, -0.05) is 0 Å². The number of aromatic carboxylic acids is 1. The molecule has 2 aliphatic heterocycles. The van der Waals surface area contributed by atoms with E-state index in [0.717, 1.165) is 39.3 Å². The number of aromatic nitrogens is 2. The van der Waals surface area contributed by atoms with Gasteiger partial charge in [-0.3, -0.25) is 9.69 Å². The molecule has 9 heteroatoms. The molecule has 33 heavy (non-hydrogen) atoms. The number of carboxylic acid groups (broad SMARTS) is 1. The van der Waals surface area contributed by atoms with E-state index in [1.807, 2.05) is 25.7 Å². The second-order valence-electron chi connectivity index (χ2n) is 9.92. The van der Waals surface area contributed by atoms with Crippen LogP contribution < -0.4 is 15.6 Å². The molecule has 2 N–H and O–H groups in total. The van der Waals surface area contributed by atoms with Gasteiger partial charge in [0.25, 0.3) is 0 Å². The van der Waals surface area contributed by atoms with Gasteiger partial charge in [0.15, 0.2) is 0 Å². The van der Waals surface area contributed by atoms with Crippen molar-refractivity contribution in [3.05, 3.63) is 46.0 Å². The Bertz CT molecular complexity index is 1320. The van der Waals surface area contributed by atoms with Crippen LogP contribution in [0.1, 0.15) is 31.1 Å². The van der Waals surface area contributed by atoms with Gasteiger partial charge < -0.3 is 19.9 Å². The molecule has 4 heterocycles. The first-order valence-electron chi connectivity index (χ1n) is 11.3. The monoisotopic (exact) mass is 453 g/mol. The van der Waals surface area contributed by atoms with Crippen LogP contribution in [0.3, 0.4) is 0 Å². The number of hydrogen-bond acceptors (Lipinski definition) is 6. The van der Waals surface area contributed by atoms with Crippen molar-refractivity contribution in [2.45, 2.75) is 32.4 Å². The minimum absolute atomic E-state index is 0.173. The predicted molar refractivity (Wildman–Crippen MR) is 126 cm³/mol. The highest BCUT2D eigenvalue weighted by Gasteiger charge is 2.34. The molecular weight excluding hydrogens is 425 g/mol. The van der Waals surface area contributed by atoms with Crippen LogP contribution in [0.15, 0.2) is 29.2 Å². The van der Waals surface area contributed by atoms with Crippen LogP contribution in [0, 0.1) is 5.82 Å². The molecule has 0 atom stereocenters. The van der Waals surface area contributed by atoms with E-state index in [1.54, 1.807) is 16.7 Å². The van der Waals surface area contributed by atoms with Gasteiger partial charge in [-0.2, -0.15) is 0 Å². The Balaban J connectivity index is 1.58. The molecule has 0 radical (unpaired) electrons. The fraction of sp³-hybridized carbons (Fsp3) is 0.458. The summed E-state index contributed by atoms with van der Waals surface area (Å²) in [6, 6.07) is 5.11. The number of carbonyl (C=O) groups is 1. The molecule has 3 aromatic rings. The molecule has 2 fully saturated rings. The number of carboxylic acids is 1. The predicted octanol–water partition coefficient (Wildman–Crippen LogP) is 2.24. The second kappa shape index (κ2) is 7.78. The molecule has 0 bridgehead atoms. The first-order chi connectivity index (χ1) is 15.6. The topological polar surface area (TPSA) is 90.7 Å². The number of hydrogen-bond donors (Lipinski definition) is 2. The summed E-state index contributed by atoms with van der Waals surface area (Å²) < 4.78 is 16.8. The number of nitrogens with zero attached hydrogens (tertiary/aromatic N) is 4. The van der Waals surface area contributed by atoms with Gasteiger partial charge in [0.1, 0.15) is 17.0 Å². The summed E-state index contributed by atoms with van der Waals surface area (Å²) in [5, 5.41) is 13.5. The van der Waals surface area contributed by atoms with Crippen molar-refractivity contribution in [2.75, 3.05) is 44.2 Å². The standard InChI is InChI=1S/C24H28FN5O3/c1-24(2,3)30-13-17(23(32)33)21(31)16-8-14-9-18(25)20(10-19(14)27-22(16)30)29-11-15(12-29)28-6-4-26-5-7-28/h8-10,13,15,26H,4-7,11-12H2,1-3H3,(H,32,33). The quantitative estimate of drug-likeness (QED) is 0.588. The SMILES string of the molecule is CC(C)(C)n1cc(C(=O)O)c(=O)c2cc3cc(F)c(N4CC(N5CCNCC5)C4)cc3nc21. The zero-order chi connectivity index (χ0) is 23.5. The number of rotatable bonds is 3. The van der Waals surface area contributed by atoms with Gasteiger partial charge in [0, 0.05) is 62.4 Å². The summed E-state index contributed by atoms with van der Waals surface area (Å²) in [5.74, 6) is -1.66. The van der Waals surface area contributed by atoms with Gasteiger partial charge in [-0.15, -0.1) is 0 Å². The summed E-state index contributed by atoms with van der Waals surface area (Å²) in [6.45, 7) is 11.3. The summed E-state index contributed by atoms with van der Waals surface area (Å²) in [4.78, 5) is 33.7. The van der Waals surface area contributed by atoms with Crippen LogP contribution in [0.25, 0.3) is 21.9 Å². The Morgan fingerprint density at radius 1 is 1.18 bits per heavy atom. The molecule has 0 spiro atoms. The number of anilines is 1. The lowest BCUT2D eigenvalue weighted by molar-refractivity contribution is 0.0694. The molecule has 174 valence electrons. The molecule has 1 aromatic carbocycles. The first-order valence-corrected chi connectivity index (χ1v) is 11.3. The van der Waals surface area contributed by atoms with Crippen molar-refractivity contribution >= 4 is 33.6 Å². The van der Waals surface area contributed by atoms with Crippen LogP contribution >= 0.6 is 0 Å². The smallest absolute Gasteiger partial charge is 0.341 e. The summed E-state index contributed by atoms with van der Waals surface area (Å²) in [7, 11) is 0. The highest BCUT2D eigenvalue weighted by molar-refractivity contribution is 5.97. The number of nitrogens with one attached hydrogen (secondary N) is 1. The Kier molecular flexibility index (Phi) is 5.13. The van der Waals surface area contributed by atoms with Crippen molar-refractivity contribution < 1.29 is 14.3 Å². The fourth-order valence-electron chi connectivity index (χ4n) is 4.75. The van der Waals surface area contributed by atoms with Crippen LogP contribution in [-0.4, -0.2) is 70.8 Å². The molecule has 0 amide bonds. The molecule has 8 nitrogen and oxygen atoms in total. The third-order valence-electron chi connectivity index (χ3n) is 6.66. The Labute approximate surface area is 190 Å². The second-order valence-corrected chi connectivity index (χ2v) is 9.92. The minimum Gasteiger partial charge on any atom is -0.477 e. The van der Waals surface area contributed by atoms with Crippen LogP contribution in [0.5, 0.6) is 0 Å². The number of fused-ring (bicyclic) bond motifs is 2. The van der Waals surface area contributed by atoms with E-state index in [9.17, 15) is 14.7 Å². The van der Waals surface area contributed by atoms with Gasteiger partial charge in [0.05, 0.1) is 16.6 Å². The van der Waals surface area contributed by atoms with E-state index in [1.165, 1.54) is 12.3 Å². The molecule has 5 rings (SSSR count). The average molecular weight is 454 g/mol. The van der Waals surface area contributed by atoms with Gasteiger partial charge in [-0.05, 0) is 39.0 Å². The van der Waals surface area contributed by atoms with Crippen LogP contribution in [0.2, 0.25) is 0 Å². The lowest BCUT2D eigenvalue weighted by Crippen LogP contribution is -2.63. The largest absolute Gasteiger partial charge is 0.477 e. The third-order valence-corrected chi connectivity index (χ3v) is 6.66. The number of benzene rings is 1. The van der Waals surface area contributed by atoms with Crippen LogP contribution in [-0.2, 0) is 5.54 Å². The highest BCUT2D eigenvalue weighted by Crippen LogP contribution is 2.31. The molecule has 0 unspecified atom stereocenters. The molecule has 0 aliphatic carbocycles. The molecule has 2 aromatic heterocycles. The van der Waals surface area contributed by atoms with Crippen molar-refractivity contribution in [1.29, 1.82) is 0 Å². The lowest BCUT2D eigenvalue weighted by Gasteiger charge is -2.48. The maximum Gasteiger partial charge on any atom is 0.341 e. The first kappa shape index (κ1) is 21.8. The van der Waals surface area contributed by atoms with E-state index in [0.29, 0.717) is 28.3 Å². The number of halogens is 1. The van der Waals surface area contributed by atoms with Crippen molar-refractivity contribution in [2.24, 2.45) is 0 Å². The Morgan fingerprint density at radius 2 is 1.88 bits per heavy atom. The fourth-order valence-corrected chi connectivity index (χ4v) is 4.75. The average Bonchev–Trinajstić information content (AvgIpc) is 2.72. The zero-order valence-electron chi connectivity index (χ0n) is 19.1. The maximum atomic E-state index is 15.1. The van der Waals surface area contributed by atoms with Crippen molar-refractivity contribution in [3.63, 3.8) is 0 Å². The van der Waals surface area contributed by atoms with E-state index in [4.69, 9.17) is 4.98 Å². The highest BCUT2D eigenvalue weighted by atomic mass is 19.1. The third kappa shape index (κ3) is 3.75. The maximum absolute atomic E-state index is 15.1. The Morgan fingerprint density at radius 3 is 2.52 bits per heavy atom. The lowest BCUT2D eigenvalue weighted by atomic mass is 10.0. The van der Waals surface area contributed by atoms with Crippen molar-refractivity contribution in [3.8, 4) is 0 Å². The summed E-state index contributed by atoms with van der Waals surface area (Å²) in [6.07, 6.45) is 1.35. The van der Waals surface area contributed by atoms with E-state index in [2.05, 4.69) is 10.2 Å². The molecular formula is C24H28FN5O3. The Hall–Kier alpha value is -3.04. The minimum atomic E-state index is -1.29. The van der Waals surface area contributed by atoms with Gasteiger partial charge >= 0.3 is 5.97 Å². The summed E-state index contributed by atoms with van der Waals surface area (Å²) >= 11 is 0. The zero-order valence-corrected chi connectivity index (χ0v) is 19.1. The molecule has 2 saturated heterocycles. The van der Waals surface area contributed by atoms with E-state index in [-0.39, 0.29) is 16.8 Å². The summed E-state index contributed by atoms with van der Waals surface area (Å²) in [5.41, 5.74) is 0.0318. The number of piperazine rings is 1. The molecule has 0 saturated carbocycles. The van der Waals surface area contributed by atoms with Crippen molar-refractivity contribution in [1.82, 2.24) is 19.8 Å². The van der Waals surface area contributed by atoms with Gasteiger partial charge in [-0.25, -0.2) is 14.2 Å². The van der Waals surface area contributed by atoms with Gasteiger partial charge in [0.2, 0.25) is 5.43 Å². The van der Waals surface area contributed by atoms with E-state index < -0.39 is 16.9 Å². The normalized spacial score (nSPS) is 18.1.